The van der Waals surface area contributed by atoms with E-state index in [0.29, 0.717) is 24.5 Å². The highest BCUT2D eigenvalue weighted by molar-refractivity contribution is 5.98. The van der Waals surface area contributed by atoms with E-state index in [9.17, 15) is 9.59 Å². The van der Waals surface area contributed by atoms with Gasteiger partial charge in [-0.1, -0.05) is 0 Å². The standard InChI is InChI=1S/C22H25N5O4/c1-14-19-12-16(13-23-20(19)26(3)25-14)22(29)31-15(2)21(28)24-17-4-6-18(7-5-17)27-8-10-30-11-9-27/h4-7,12-13,15H,8-11H2,1-3H3,(H,24,28). The summed E-state index contributed by atoms with van der Waals surface area (Å²) in [6.07, 6.45) is 0.470. The van der Waals surface area contributed by atoms with Crippen molar-refractivity contribution < 1.29 is 19.1 Å². The first-order valence-electron chi connectivity index (χ1n) is 10.2. The lowest BCUT2D eigenvalue weighted by atomic mass is 10.2. The van der Waals surface area contributed by atoms with Gasteiger partial charge in [0.25, 0.3) is 5.91 Å². The number of pyridine rings is 1. The molecular formula is C22H25N5O4. The molecule has 9 heteroatoms. The van der Waals surface area contributed by atoms with Gasteiger partial charge in [-0.3, -0.25) is 9.48 Å². The van der Waals surface area contributed by atoms with Gasteiger partial charge < -0.3 is 19.7 Å². The van der Waals surface area contributed by atoms with E-state index < -0.39 is 18.0 Å². The molecule has 2 aromatic heterocycles. The maximum atomic E-state index is 12.5. The maximum absolute atomic E-state index is 12.5. The normalized spacial score (nSPS) is 15.0. The summed E-state index contributed by atoms with van der Waals surface area (Å²) in [7, 11) is 1.79. The first-order chi connectivity index (χ1) is 14.9. The van der Waals surface area contributed by atoms with Crippen LogP contribution in [0.15, 0.2) is 36.5 Å². The number of aromatic nitrogens is 3. The Morgan fingerprint density at radius 3 is 2.61 bits per heavy atom. The van der Waals surface area contributed by atoms with E-state index in [1.54, 1.807) is 17.8 Å². The molecule has 0 spiro atoms. The Bertz CT molecular complexity index is 1100. The zero-order chi connectivity index (χ0) is 22.0. The number of nitrogens with zero attached hydrogens (tertiary/aromatic N) is 4. The van der Waals surface area contributed by atoms with Gasteiger partial charge >= 0.3 is 5.97 Å². The number of carbonyl (C=O) groups excluding carboxylic acids is 2. The lowest BCUT2D eigenvalue weighted by Crippen LogP contribution is -2.36. The molecule has 1 aromatic carbocycles. The molecule has 0 radical (unpaired) electrons. The van der Waals surface area contributed by atoms with E-state index in [0.717, 1.165) is 29.9 Å². The number of nitrogens with one attached hydrogen (secondary N) is 1. The molecule has 1 aliphatic rings. The zero-order valence-electron chi connectivity index (χ0n) is 17.8. The van der Waals surface area contributed by atoms with Gasteiger partial charge in [0.15, 0.2) is 11.8 Å². The highest BCUT2D eigenvalue weighted by Gasteiger charge is 2.21. The predicted octanol–water partition coefficient (Wildman–Crippen LogP) is 2.30. The van der Waals surface area contributed by atoms with Crippen molar-refractivity contribution in [1.29, 1.82) is 0 Å². The zero-order valence-corrected chi connectivity index (χ0v) is 17.8. The number of ether oxygens (including phenoxy) is 2. The number of rotatable bonds is 5. The van der Waals surface area contributed by atoms with Gasteiger partial charge in [0, 0.05) is 43.1 Å². The molecule has 3 aromatic rings. The molecule has 162 valence electrons. The predicted molar refractivity (Wildman–Crippen MR) is 116 cm³/mol. The largest absolute Gasteiger partial charge is 0.449 e. The second-order valence-corrected chi connectivity index (χ2v) is 7.49. The summed E-state index contributed by atoms with van der Waals surface area (Å²) < 4.78 is 12.4. The van der Waals surface area contributed by atoms with Crippen molar-refractivity contribution in [2.75, 3.05) is 36.5 Å². The molecule has 1 aliphatic heterocycles. The first-order valence-corrected chi connectivity index (χ1v) is 10.2. The highest BCUT2D eigenvalue weighted by Crippen LogP contribution is 2.20. The van der Waals surface area contributed by atoms with Crippen LogP contribution in [0.5, 0.6) is 0 Å². The molecule has 1 atom stereocenters. The fourth-order valence-electron chi connectivity index (χ4n) is 3.52. The van der Waals surface area contributed by atoms with Gasteiger partial charge in [-0.2, -0.15) is 5.10 Å². The van der Waals surface area contributed by atoms with Crippen LogP contribution < -0.4 is 10.2 Å². The number of fused-ring (bicyclic) bond motifs is 1. The smallest absolute Gasteiger partial charge is 0.340 e. The number of anilines is 2. The minimum absolute atomic E-state index is 0.276. The Morgan fingerprint density at radius 1 is 1.19 bits per heavy atom. The molecule has 0 aliphatic carbocycles. The monoisotopic (exact) mass is 423 g/mol. The number of hydrogen-bond donors (Lipinski definition) is 1. The minimum Gasteiger partial charge on any atom is -0.449 e. The van der Waals surface area contributed by atoms with Crippen LogP contribution in [-0.2, 0) is 21.3 Å². The van der Waals surface area contributed by atoms with Gasteiger partial charge in [-0.15, -0.1) is 0 Å². The lowest BCUT2D eigenvalue weighted by molar-refractivity contribution is -0.123. The fraction of sp³-hybridized carbons (Fsp3) is 0.364. The summed E-state index contributed by atoms with van der Waals surface area (Å²) in [5, 5.41) is 7.85. The third-order valence-electron chi connectivity index (χ3n) is 5.26. The summed E-state index contributed by atoms with van der Waals surface area (Å²) in [6, 6.07) is 9.26. The van der Waals surface area contributed by atoms with Crippen molar-refractivity contribution >= 4 is 34.3 Å². The molecule has 31 heavy (non-hydrogen) atoms. The number of morpholine rings is 1. The van der Waals surface area contributed by atoms with E-state index in [2.05, 4.69) is 20.3 Å². The Hall–Kier alpha value is -3.46. The van der Waals surface area contributed by atoms with Crippen LogP contribution >= 0.6 is 0 Å². The van der Waals surface area contributed by atoms with Crippen LogP contribution in [0.1, 0.15) is 23.0 Å². The van der Waals surface area contributed by atoms with Gasteiger partial charge in [0.05, 0.1) is 24.5 Å². The second kappa shape index (κ2) is 8.73. The number of esters is 1. The summed E-state index contributed by atoms with van der Waals surface area (Å²) in [5.74, 6) is -1.01. The van der Waals surface area contributed by atoms with E-state index >= 15 is 0 Å². The van der Waals surface area contributed by atoms with Gasteiger partial charge in [0.2, 0.25) is 0 Å². The topological polar surface area (TPSA) is 98.6 Å². The molecular weight excluding hydrogens is 398 g/mol. The average Bonchev–Trinajstić information content (AvgIpc) is 3.07. The maximum Gasteiger partial charge on any atom is 0.340 e. The highest BCUT2D eigenvalue weighted by atomic mass is 16.5. The third-order valence-corrected chi connectivity index (χ3v) is 5.26. The van der Waals surface area contributed by atoms with Crippen LogP contribution in [0.25, 0.3) is 11.0 Å². The summed E-state index contributed by atoms with van der Waals surface area (Å²) in [6.45, 7) is 6.50. The van der Waals surface area contributed by atoms with Crippen molar-refractivity contribution in [3.05, 3.63) is 47.8 Å². The summed E-state index contributed by atoms with van der Waals surface area (Å²) in [5.41, 5.74) is 3.44. The molecule has 0 saturated carbocycles. The molecule has 0 bridgehead atoms. The number of carbonyl (C=O) groups is 2. The molecule has 9 nitrogen and oxygen atoms in total. The van der Waals surface area contributed by atoms with Gasteiger partial charge in [-0.05, 0) is 44.2 Å². The molecule has 1 fully saturated rings. The van der Waals surface area contributed by atoms with Crippen LogP contribution in [0.2, 0.25) is 0 Å². The van der Waals surface area contributed by atoms with E-state index in [1.807, 2.05) is 31.2 Å². The van der Waals surface area contributed by atoms with Crippen molar-refractivity contribution in [1.82, 2.24) is 14.8 Å². The molecule has 1 saturated heterocycles. The number of aryl methyl sites for hydroxylation is 2. The van der Waals surface area contributed by atoms with Crippen molar-refractivity contribution in [3.63, 3.8) is 0 Å². The molecule has 1 N–H and O–H groups in total. The fourth-order valence-corrected chi connectivity index (χ4v) is 3.52. The van der Waals surface area contributed by atoms with Gasteiger partial charge in [-0.25, -0.2) is 9.78 Å². The Labute approximate surface area is 180 Å². The van der Waals surface area contributed by atoms with E-state index in [4.69, 9.17) is 9.47 Å². The molecule has 1 amide bonds. The van der Waals surface area contributed by atoms with E-state index in [-0.39, 0.29) is 5.56 Å². The molecule has 3 heterocycles. The number of hydrogen-bond acceptors (Lipinski definition) is 7. The summed E-state index contributed by atoms with van der Waals surface area (Å²) in [4.78, 5) is 31.5. The average molecular weight is 423 g/mol. The van der Waals surface area contributed by atoms with Crippen molar-refractivity contribution in [2.24, 2.45) is 7.05 Å². The third kappa shape index (κ3) is 4.51. The van der Waals surface area contributed by atoms with Gasteiger partial charge in [0.1, 0.15) is 0 Å². The quantitative estimate of drug-likeness (QED) is 0.629. The van der Waals surface area contributed by atoms with Crippen molar-refractivity contribution in [2.45, 2.75) is 20.0 Å². The number of amides is 1. The van der Waals surface area contributed by atoms with Crippen LogP contribution in [0, 0.1) is 6.92 Å². The Balaban J connectivity index is 1.37. The summed E-state index contributed by atoms with van der Waals surface area (Å²) >= 11 is 0. The second-order valence-electron chi connectivity index (χ2n) is 7.49. The Kier molecular flexibility index (Phi) is 5.85. The van der Waals surface area contributed by atoms with Crippen LogP contribution in [-0.4, -0.2) is 59.0 Å². The molecule has 1 unspecified atom stereocenters. The number of benzene rings is 1. The minimum atomic E-state index is -0.961. The lowest BCUT2D eigenvalue weighted by Gasteiger charge is -2.28. The SMILES string of the molecule is Cc1nn(C)c2ncc(C(=O)OC(C)C(=O)Nc3ccc(N4CCOCC4)cc3)cc12. The Morgan fingerprint density at radius 2 is 1.90 bits per heavy atom. The molecule has 4 rings (SSSR count). The van der Waals surface area contributed by atoms with Crippen LogP contribution in [0.4, 0.5) is 11.4 Å². The van der Waals surface area contributed by atoms with Crippen molar-refractivity contribution in [3.8, 4) is 0 Å². The van der Waals surface area contributed by atoms with E-state index in [1.165, 1.54) is 13.1 Å². The first kappa shape index (κ1) is 20.8. The van der Waals surface area contributed by atoms with Crippen LogP contribution in [0.3, 0.4) is 0 Å².